The number of likely N-dealkylation sites (N-methyl/N-ethyl adjacent to an activating group) is 1. The Morgan fingerprint density at radius 2 is 1.83 bits per heavy atom. The minimum atomic E-state index is 0.667. The molecule has 0 aromatic rings. The monoisotopic (exact) mass is 255 g/mol. The van der Waals surface area contributed by atoms with Crippen molar-refractivity contribution in [2.24, 2.45) is 5.92 Å². The summed E-state index contributed by atoms with van der Waals surface area (Å²) in [7, 11) is 2.23. The first-order valence-corrected chi connectivity index (χ1v) is 7.72. The molecule has 1 aliphatic rings. The molecular weight excluding hydrogens is 222 g/mol. The Kier molecular flexibility index (Phi) is 7.87. The second-order valence-corrected chi connectivity index (χ2v) is 6.34. The summed E-state index contributed by atoms with van der Waals surface area (Å²) in [5.74, 6) is 0.800. The standard InChI is InChI=1S/C15H33N3/c1-14(2)13-15(3)16-7-5-9-18-10-6-8-17(4)11-12-18/h14-16H,5-13H2,1-4H3/t15-/m0/s1. The molecule has 1 heterocycles. The van der Waals surface area contributed by atoms with E-state index in [2.05, 4.69) is 42.9 Å². The van der Waals surface area contributed by atoms with Gasteiger partial charge in [-0.05, 0) is 65.3 Å². The topological polar surface area (TPSA) is 18.5 Å². The fourth-order valence-electron chi connectivity index (χ4n) is 2.77. The smallest absolute Gasteiger partial charge is 0.0109 e. The summed E-state index contributed by atoms with van der Waals surface area (Å²) in [5, 5.41) is 3.64. The fourth-order valence-corrected chi connectivity index (χ4v) is 2.77. The Hall–Kier alpha value is -0.120. The second kappa shape index (κ2) is 8.89. The van der Waals surface area contributed by atoms with Crippen molar-refractivity contribution in [2.75, 3.05) is 46.3 Å². The van der Waals surface area contributed by atoms with Gasteiger partial charge >= 0.3 is 0 Å². The lowest BCUT2D eigenvalue weighted by molar-refractivity contribution is 0.270. The Morgan fingerprint density at radius 3 is 2.56 bits per heavy atom. The number of nitrogens with one attached hydrogen (secondary N) is 1. The van der Waals surface area contributed by atoms with Crippen molar-refractivity contribution in [1.29, 1.82) is 0 Å². The van der Waals surface area contributed by atoms with Crippen molar-refractivity contribution < 1.29 is 0 Å². The predicted molar refractivity (Wildman–Crippen MR) is 80.1 cm³/mol. The van der Waals surface area contributed by atoms with E-state index in [1.54, 1.807) is 0 Å². The molecule has 3 heteroatoms. The molecule has 1 N–H and O–H groups in total. The largest absolute Gasteiger partial charge is 0.314 e. The van der Waals surface area contributed by atoms with Gasteiger partial charge in [0.25, 0.3) is 0 Å². The van der Waals surface area contributed by atoms with Gasteiger partial charge in [-0.15, -0.1) is 0 Å². The number of hydrogen-bond acceptors (Lipinski definition) is 3. The molecule has 1 atom stereocenters. The van der Waals surface area contributed by atoms with E-state index in [0.717, 1.165) is 5.92 Å². The molecule has 0 aromatic carbocycles. The van der Waals surface area contributed by atoms with E-state index in [-0.39, 0.29) is 0 Å². The van der Waals surface area contributed by atoms with Crippen LogP contribution >= 0.6 is 0 Å². The zero-order chi connectivity index (χ0) is 13.4. The van der Waals surface area contributed by atoms with E-state index in [9.17, 15) is 0 Å². The zero-order valence-electron chi connectivity index (χ0n) is 12.9. The van der Waals surface area contributed by atoms with Crippen LogP contribution in [-0.4, -0.2) is 62.2 Å². The van der Waals surface area contributed by atoms with E-state index in [1.165, 1.54) is 58.5 Å². The molecule has 1 fully saturated rings. The predicted octanol–water partition coefficient (Wildman–Crippen LogP) is 2.04. The second-order valence-electron chi connectivity index (χ2n) is 6.34. The van der Waals surface area contributed by atoms with Crippen LogP contribution in [0.15, 0.2) is 0 Å². The highest BCUT2D eigenvalue weighted by Gasteiger charge is 2.11. The van der Waals surface area contributed by atoms with Gasteiger partial charge in [-0.3, -0.25) is 0 Å². The normalized spacial score (nSPS) is 21.2. The van der Waals surface area contributed by atoms with Crippen molar-refractivity contribution in [1.82, 2.24) is 15.1 Å². The molecule has 108 valence electrons. The van der Waals surface area contributed by atoms with E-state index >= 15 is 0 Å². The first kappa shape index (κ1) is 15.9. The average molecular weight is 255 g/mol. The molecule has 18 heavy (non-hydrogen) atoms. The molecule has 1 aliphatic heterocycles. The molecule has 0 amide bonds. The molecule has 3 nitrogen and oxygen atoms in total. The molecule has 0 spiro atoms. The maximum absolute atomic E-state index is 3.64. The van der Waals surface area contributed by atoms with E-state index in [0.29, 0.717) is 6.04 Å². The lowest BCUT2D eigenvalue weighted by Crippen LogP contribution is -2.33. The van der Waals surface area contributed by atoms with E-state index < -0.39 is 0 Å². The molecule has 0 unspecified atom stereocenters. The van der Waals surface area contributed by atoms with Crippen molar-refractivity contribution in [3.05, 3.63) is 0 Å². The van der Waals surface area contributed by atoms with E-state index in [4.69, 9.17) is 0 Å². The third-order valence-corrected chi connectivity index (χ3v) is 3.78. The maximum Gasteiger partial charge on any atom is 0.0109 e. The van der Waals surface area contributed by atoms with Gasteiger partial charge in [0, 0.05) is 19.1 Å². The Balaban J connectivity index is 2.03. The maximum atomic E-state index is 3.64. The zero-order valence-corrected chi connectivity index (χ0v) is 12.9. The molecule has 0 aliphatic carbocycles. The van der Waals surface area contributed by atoms with Crippen LogP contribution in [0.1, 0.15) is 40.0 Å². The summed E-state index contributed by atoms with van der Waals surface area (Å²) in [4.78, 5) is 5.07. The summed E-state index contributed by atoms with van der Waals surface area (Å²) in [6, 6.07) is 0.667. The van der Waals surface area contributed by atoms with Crippen LogP contribution in [0.2, 0.25) is 0 Å². The number of rotatable bonds is 7. The van der Waals surface area contributed by atoms with Gasteiger partial charge in [-0.1, -0.05) is 13.8 Å². The minimum Gasteiger partial charge on any atom is -0.314 e. The van der Waals surface area contributed by atoms with Gasteiger partial charge in [-0.2, -0.15) is 0 Å². The van der Waals surface area contributed by atoms with Crippen LogP contribution in [0.5, 0.6) is 0 Å². The van der Waals surface area contributed by atoms with Crippen molar-refractivity contribution in [2.45, 2.75) is 46.1 Å². The lowest BCUT2D eigenvalue weighted by Gasteiger charge is -2.21. The van der Waals surface area contributed by atoms with Crippen LogP contribution in [0.25, 0.3) is 0 Å². The third kappa shape index (κ3) is 7.34. The molecule has 0 saturated carbocycles. The summed E-state index contributed by atoms with van der Waals surface area (Å²) < 4.78 is 0. The fraction of sp³-hybridized carbons (Fsp3) is 1.00. The molecular formula is C15H33N3. The molecule has 0 radical (unpaired) electrons. The van der Waals surface area contributed by atoms with Crippen molar-refractivity contribution in [3.8, 4) is 0 Å². The van der Waals surface area contributed by atoms with Gasteiger partial charge in [0.05, 0.1) is 0 Å². The average Bonchev–Trinajstić information content (AvgIpc) is 2.49. The SMILES string of the molecule is CC(C)C[C@H](C)NCCCN1CCCN(C)CC1. The highest BCUT2D eigenvalue weighted by Crippen LogP contribution is 2.04. The van der Waals surface area contributed by atoms with Crippen LogP contribution in [0.3, 0.4) is 0 Å². The highest BCUT2D eigenvalue weighted by atomic mass is 15.2. The highest BCUT2D eigenvalue weighted by molar-refractivity contribution is 4.68. The van der Waals surface area contributed by atoms with Gasteiger partial charge < -0.3 is 15.1 Å². The molecule has 1 saturated heterocycles. The molecule has 1 rings (SSSR count). The summed E-state index contributed by atoms with van der Waals surface area (Å²) >= 11 is 0. The quantitative estimate of drug-likeness (QED) is 0.702. The van der Waals surface area contributed by atoms with Crippen LogP contribution in [-0.2, 0) is 0 Å². The summed E-state index contributed by atoms with van der Waals surface area (Å²) in [6.07, 6.45) is 3.90. The molecule has 0 bridgehead atoms. The van der Waals surface area contributed by atoms with Crippen LogP contribution in [0, 0.1) is 5.92 Å². The first-order valence-electron chi connectivity index (χ1n) is 7.72. The van der Waals surface area contributed by atoms with Gasteiger partial charge in [0.1, 0.15) is 0 Å². The van der Waals surface area contributed by atoms with Gasteiger partial charge in [0.2, 0.25) is 0 Å². The Labute approximate surface area is 114 Å². The summed E-state index contributed by atoms with van der Waals surface area (Å²) in [5.41, 5.74) is 0. The molecule has 0 aromatic heterocycles. The van der Waals surface area contributed by atoms with Crippen LogP contribution in [0.4, 0.5) is 0 Å². The number of hydrogen-bond donors (Lipinski definition) is 1. The van der Waals surface area contributed by atoms with Gasteiger partial charge in [0.15, 0.2) is 0 Å². The van der Waals surface area contributed by atoms with Gasteiger partial charge in [-0.25, -0.2) is 0 Å². The minimum absolute atomic E-state index is 0.667. The van der Waals surface area contributed by atoms with Crippen molar-refractivity contribution >= 4 is 0 Å². The lowest BCUT2D eigenvalue weighted by atomic mass is 10.1. The number of nitrogens with zero attached hydrogens (tertiary/aromatic N) is 2. The van der Waals surface area contributed by atoms with Crippen molar-refractivity contribution in [3.63, 3.8) is 0 Å². The Bertz CT molecular complexity index is 206. The first-order chi connectivity index (χ1) is 8.58. The third-order valence-electron chi connectivity index (χ3n) is 3.78. The Morgan fingerprint density at radius 1 is 1.06 bits per heavy atom. The van der Waals surface area contributed by atoms with Crippen LogP contribution < -0.4 is 5.32 Å². The van der Waals surface area contributed by atoms with E-state index in [1.807, 2.05) is 0 Å². The summed E-state index contributed by atoms with van der Waals surface area (Å²) in [6.45, 7) is 14.4.